The Bertz CT molecular complexity index is 350. The molecule has 0 aromatic heterocycles. The van der Waals surface area contributed by atoms with Gasteiger partial charge in [0.05, 0.1) is 6.04 Å². The number of hydrogen-bond acceptors (Lipinski definition) is 2. The second kappa shape index (κ2) is 4.19. The highest BCUT2D eigenvalue weighted by molar-refractivity contribution is 7.80. The minimum absolute atomic E-state index is 0.277. The van der Waals surface area contributed by atoms with Crippen LogP contribution in [0.2, 0.25) is 0 Å². The Kier molecular flexibility index (Phi) is 2.91. The van der Waals surface area contributed by atoms with Crippen molar-refractivity contribution in [2.75, 3.05) is 6.61 Å². The van der Waals surface area contributed by atoms with Crippen LogP contribution in [0.5, 0.6) is 0 Å². The van der Waals surface area contributed by atoms with Crippen molar-refractivity contribution in [3.63, 3.8) is 0 Å². The van der Waals surface area contributed by atoms with Gasteiger partial charge in [-0.15, -0.1) is 0 Å². The molecule has 0 N–H and O–H groups in total. The minimum atomic E-state index is 0.277. The molecular formula is C12H15NOS. The molecule has 2 rings (SSSR count). The molecule has 0 aliphatic carbocycles. The molecule has 80 valence electrons. The van der Waals surface area contributed by atoms with Crippen LogP contribution in [-0.4, -0.2) is 22.7 Å². The van der Waals surface area contributed by atoms with Crippen LogP contribution < -0.4 is 0 Å². The van der Waals surface area contributed by atoms with E-state index in [1.165, 1.54) is 5.56 Å². The van der Waals surface area contributed by atoms with E-state index < -0.39 is 0 Å². The number of benzene rings is 1. The van der Waals surface area contributed by atoms with E-state index in [0.717, 1.165) is 0 Å². The molecule has 1 atom stereocenters. The lowest BCUT2D eigenvalue weighted by atomic mass is 10.1. The Labute approximate surface area is 95.8 Å². The first-order valence-corrected chi connectivity index (χ1v) is 5.61. The van der Waals surface area contributed by atoms with Crippen molar-refractivity contribution in [2.45, 2.75) is 25.9 Å². The first-order valence-electron chi connectivity index (χ1n) is 5.20. The number of ether oxygens (including phenoxy) is 1. The fraction of sp³-hybridized carbons (Fsp3) is 0.417. The average molecular weight is 221 g/mol. The number of nitrogens with zero attached hydrogens (tertiary/aromatic N) is 1. The van der Waals surface area contributed by atoms with Crippen molar-refractivity contribution >= 4 is 17.4 Å². The van der Waals surface area contributed by atoms with Crippen LogP contribution in [-0.2, 0) is 4.74 Å². The summed E-state index contributed by atoms with van der Waals surface area (Å²) in [6, 6.07) is 11.0. The monoisotopic (exact) mass is 221 g/mol. The molecule has 1 saturated heterocycles. The van der Waals surface area contributed by atoms with E-state index in [1.807, 2.05) is 6.07 Å². The lowest BCUT2D eigenvalue weighted by molar-refractivity contribution is 0.287. The highest BCUT2D eigenvalue weighted by Gasteiger charge is 2.32. The maximum Gasteiger partial charge on any atom is 0.260 e. The van der Waals surface area contributed by atoms with Gasteiger partial charge in [-0.1, -0.05) is 30.3 Å². The van der Waals surface area contributed by atoms with E-state index in [4.69, 9.17) is 17.0 Å². The van der Waals surface area contributed by atoms with Gasteiger partial charge < -0.3 is 9.64 Å². The summed E-state index contributed by atoms with van der Waals surface area (Å²) in [6.07, 6.45) is 0. The third-order valence-corrected chi connectivity index (χ3v) is 2.98. The Balaban J connectivity index is 2.26. The highest BCUT2D eigenvalue weighted by Crippen LogP contribution is 2.29. The first kappa shape index (κ1) is 10.4. The van der Waals surface area contributed by atoms with Crippen molar-refractivity contribution < 1.29 is 4.74 Å². The second-order valence-electron chi connectivity index (χ2n) is 4.00. The SMILES string of the molecule is CC(C)N1C(=S)OC[C@@H]1c1ccccc1. The molecule has 0 spiro atoms. The summed E-state index contributed by atoms with van der Waals surface area (Å²) in [5, 5.41) is 0.624. The normalized spacial score (nSPS) is 20.9. The van der Waals surface area contributed by atoms with Gasteiger partial charge in [0.2, 0.25) is 0 Å². The van der Waals surface area contributed by atoms with Crippen molar-refractivity contribution in [1.82, 2.24) is 4.90 Å². The van der Waals surface area contributed by atoms with Crippen molar-refractivity contribution in [2.24, 2.45) is 0 Å². The first-order chi connectivity index (χ1) is 7.20. The molecule has 1 aromatic rings. The lowest BCUT2D eigenvalue weighted by Crippen LogP contribution is -2.33. The van der Waals surface area contributed by atoms with E-state index in [0.29, 0.717) is 17.8 Å². The Morgan fingerprint density at radius 1 is 1.33 bits per heavy atom. The van der Waals surface area contributed by atoms with Crippen molar-refractivity contribution in [1.29, 1.82) is 0 Å². The van der Waals surface area contributed by atoms with Crippen LogP contribution in [0, 0.1) is 0 Å². The largest absolute Gasteiger partial charge is 0.468 e. The predicted molar refractivity (Wildman–Crippen MR) is 64.7 cm³/mol. The molecule has 15 heavy (non-hydrogen) atoms. The van der Waals surface area contributed by atoms with Crippen molar-refractivity contribution in [3.05, 3.63) is 35.9 Å². The average Bonchev–Trinajstić information content (AvgIpc) is 2.61. The molecule has 1 aliphatic rings. The van der Waals surface area contributed by atoms with E-state index in [9.17, 15) is 0 Å². The van der Waals surface area contributed by atoms with Crippen molar-refractivity contribution in [3.8, 4) is 0 Å². The molecule has 2 nitrogen and oxygen atoms in total. The topological polar surface area (TPSA) is 12.5 Å². The van der Waals surface area contributed by atoms with Gasteiger partial charge in [0.25, 0.3) is 5.17 Å². The highest BCUT2D eigenvalue weighted by atomic mass is 32.1. The zero-order valence-corrected chi connectivity index (χ0v) is 9.83. The van der Waals surface area contributed by atoms with E-state index in [-0.39, 0.29) is 6.04 Å². The van der Waals surface area contributed by atoms with Crippen LogP contribution in [0.15, 0.2) is 30.3 Å². The van der Waals surface area contributed by atoms with Crippen LogP contribution in [0.25, 0.3) is 0 Å². The Morgan fingerprint density at radius 2 is 2.00 bits per heavy atom. The molecule has 0 amide bonds. The fourth-order valence-corrected chi connectivity index (χ4v) is 2.34. The number of rotatable bonds is 2. The smallest absolute Gasteiger partial charge is 0.260 e. The zero-order chi connectivity index (χ0) is 10.8. The summed E-state index contributed by atoms with van der Waals surface area (Å²) in [4.78, 5) is 2.16. The van der Waals surface area contributed by atoms with Gasteiger partial charge in [-0.2, -0.15) is 0 Å². The number of thiocarbonyl (C=S) groups is 1. The molecule has 1 aromatic carbocycles. The maximum atomic E-state index is 5.45. The van der Waals surface area contributed by atoms with Gasteiger partial charge in [0.1, 0.15) is 6.61 Å². The predicted octanol–water partition coefficient (Wildman–Crippen LogP) is 2.75. The van der Waals surface area contributed by atoms with Gasteiger partial charge in [0, 0.05) is 6.04 Å². The molecule has 1 aliphatic heterocycles. The molecule has 0 radical (unpaired) electrons. The standard InChI is InChI=1S/C12H15NOS/c1-9(2)13-11(8-14-12(13)15)10-6-4-3-5-7-10/h3-7,9,11H,8H2,1-2H3/t11-/m1/s1. The van der Waals surface area contributed by atoms with E-state index in [2.05, 4.69) is 43.0 Å². The van der Waals surface area contributed by atoms with Gasteiger partial charge in [-0.05, 0) is 31.6 Å². The molecule has 1 heterocycles. The molecule has 0 saturated carbocycles. The lowest BCUT2D eigenvalue weighted by Gasteiger charge is -2.27. The molecule has 1 fully saturated rings. The Hall–Kier alpha value is -1.09. The van der Waals surface area contributed by atoms with Crippen LogP contribution >= 0.6 is 12.2 Å². The van der Waals surface area contributed by atoms with Gasteiger partial charge >= 0.3 is 0 Å². The molecule has 0 unspecified atom stereocenters. The van der Waals surface area contributed by atoms with Gasteiger partial charge in [-0.25, -0.2) is 0 Å². The fourth-order valence-electron chi connectivity index (χ4n) is 1.94. The van der Waals surface area contributed by atoms with E-state index >= 15 is 0 Å². The Morgan fingerprint density at radius 3 is 2.60 bits per heavy atom. The van der Waals surface area contributed by atoms with Gasteiger partial charge in [0.15, 0.2) is 0 Å². The second-order valence-corrected chi connectivity index (χ2v) is 4.35. The van der Waals surface area contributed by atoms with Gasteiger partial charge in [-0.3, -0.25) is 0 Å². The summed E-state index contributed by atoms with van der Waals surface area (Å²) >= 11 is 5.20. The van der Waals surface area contributed by atoms with E-state index in [1.54, 1.807) is 0 Å². The maximum absolute atomic E-state index is 5.45. The number of hydrogen-bond donors (Lipinski definition) is 0. The minimum Gasteiger partial charge on any atom is -0.468 e. The van der Waals surface area contributed by atoms with Crippen LogP contribution in [0.3, 0.4) is 0 Å². The molecule has 0 bridgehead atoms. The summed E-state index contributed by atoms with van der Waals surface area (Å²) in [7, 11) is 0. The summed E-state index contributed by atoms with van der Waals surface area (Å²) < 4.78 is 5.45. The summed E-state index contributed by atoms with van der Waals surface area (Å²) in [6.45, 7) is 4.94. The summed E-state index contributed by atoms with van der Waals surface area (Å²) in [5.74, 6) is 0. The zero-order valence-electron chi connectivity index (χ0n) is 9.01. The summed E-state index contributed by atoms with van der Waals surface area (Å²) in [5.41, 5.74) is 1.27. The third-order valence-electron chi connectivity index (χ3n) is 2.65. The molecular weight excluding hydrogens is 206 g/mol. The van der Waals surface area contributed by atoms with Crippen LogP contribution in [0.1, 0.15) is 25.5 Å². The van der Waals surface area contributed by atoms with Crippen LogP contribution in [0.4, 0.5) is 0 Å². The quantitative estimate of drug-likeness (QED) is 0.713. The molecule has 3 heteroatoms. The third kappa shape index (κ3) is 1.97.